The molecule has 0 radical (unpaired) electrons. The van der Waals surface area contributed by atoms with Gasteiger partial charge in [0.05, 0.1) is 0 Å². The van der Waals surface area contributed by atoms with Crippen molar-refractivity contribution in [3.63, 3.8) is 0 Å². The normalized spacial score (nSPS) is 18.6. The zero-order valence-corrected chi connectivity index (χ0v) is 15.1. The lowest BCUT2D eigenvalue weighted by atomic mass is 10.0. The molecule has 26 heavy (non-hydrogen) atoms. The lowest BCUT2D eigenvalue weighted by molar-refractivity contribution is -0.222. The summed E-state index contributed by atoms with van der Waals surface area (Å²) in [7, 11) is 0. The van der Waals surface area contributed by atoms with E-state index in [-0.39, 0.29) is 5.57 Å². The predicted molar refractivity (Wildman–Crippen MR) is 102 cm³/mol. The van der Waals surface area contributed by atoms with Crippen molar-refractivity contribution in [2.24, 2.45) is 0 Å². The van der Waals surface area contributed by atoms with Gasteiger partial charge in [-0.15, -0.1) is 0 Å². The third kappa shape index (κ3) is 2.95. The summed E-state index contributed by atoms with van der Waals surface area (Å²) in [5.74, 6) is -2.56. The number of cyclic esters (lactones) is 2. The van der Waals surface area contributed by atoms with Gasteiger partial charge in [0.2, 0.25) is 0 Å². The van der Waals surface area contributed by atoms with Gasteiger partial charge in [-0.2, -0.15) is 0 Å². The van der Waals surface area contributed by atoms with E-state index < -0.39 is 17.7 Å². The zero-order valence-electron chi connectivity index (χ0n) is 14.3. The number of carbonyl (C=O) groups excluding carboxylic acids is 2. The fourth-order valence-corrected chi connectivity index (χ4v) is 4.16. The minimum atomic E-state index is -1.25. The quantitative estimate of drug-likeness (QED) is 0.424. The molecule has 2 aromatic carbocycles. The van der Waals surface area contributed by atoms with Crippen molar-refractivity contribution in [1.29, 1.82) is 0 Å². The summed E-state index contributed by atoms with van der Waals surface area (Å²) in [5, 5.41) is 0. The minimum Gasteiger partial charge on any atom is -0.419 e. The van der Waals surface area contributed by atoms with Gasteiger partial charge in [-0.3, -0.25) is 0 Å². The molecule has 2 aliphatic heterocycles. The van der Waals surface area contributed by atoms with Crippen LogP contribution in [0.2, 0.25) is 0 Å². The molecule has 0 bridgehead atoms. The number of rotatable bonds is 1. The molecule has 4 nitrogen and oxygen atoms in total. The van der Waals surface area contributed by atoms with Gasteiger partial charge < -0.3 is 9.47 Å². The zero-order chi connectivity index (χ0) is 18.3. The molecule has 5 heteroatoms. The Bertz CT molecular complexity index is 949. The third-order valence-corrected chi connectivity index (χ3v) is 5.28. The fourth-order valence-electron chi connectivity index (χ4n) is 2.93. The maximum Gasteiger partial charge on any atom is 0.350 e. The molecule has 1 saturated heterocycles. The Kier molecular flexibility index (Phi) is 3.96. The molecule has 4 rings (SSSR count). The molecule has 0 spiro atoms. The highest BCUT2D eigenvalue weighted by molar-refractivity contribution is 8.17. The van der Waals surface area contributed by atoms with E-state index in [9.17, 15) is 9.59 Å². The molecule has 0 atom stereocenters. The van der Waals surface area contributed by atoms with Crippen LogP contribution in [0.5, 0.6) is 0 Å². The van der Waals surface area contributed by atoms with Crippen molar-refractivity contribution < 1.29 is 19.1 Å². The van der Waals surface area contributed by atoms with Crippen LogP contribution in [-0.4, -0.2) is 17.7 Å². The lowest BCUT2D eigenvalue weighted by Gasteiger charge is -2.31. The van der Waals surface area contributed by atoms with E-state index in [4.69, 9.17) is 9.47 Å². The molecule has 0 unspecified atom stereocenters. The molecule has 1 fully saturated rings. The van der Waals surface area contributed by atoms with E-state index in [0.717, 1.165) is 21.6 Å². The number of thioether (sulfide) groups is 1. The van der Waals surface area contributed by atoms with E-state index in [1.165, 1.54) is 11.8 Å². The molecule has 0 N–H and O–H groups in total. The molecular formula is C21H16O4S. The molecule has 130 valence electrons. The van der Waals surface area contributed by atoms with Gasteiger partial charge in [-0.1, -0.05) is 66.4 Å². The van der Waals surface area contributed by atoms with Gasteiger partial charge >= 0.3 is 11.9 Å². The smallest absolute Gasteiger partial charge is 0.350 e. The summed E-state index contributed by atoms with van der Waals surface area (Å²) in [6, 6.07) is 17.5. The second-order valence-corrected chi connectivity index (χ2v) is 7.50. The summed E-state index contributed by atoms with van der Waals surface area (Å²) in [6.07, 6.45) is 2.06. The van der Waals surface area contributed by atoms with Gasteiger partial charge in [0.1, 0.15) is 0 Å². The average Bonchev–Trinajstić information content (AvgIpc) is 2.60. The second kappa shape index (κ2) is 6.18. The Morgan fingerprint density at radius 2 is 1.46 bits per heavy atom. The Morgan fingerprint density at radius 1 is 0.846 bits per heavy atom. The number of benzene rings is 2. The van der Waals surface area contributed by atoms with Crippen LogP contribution < -0.4 is 0 Å². The molecule has 2 heterocycles. The molecule has 0 saturated carbocycles. The van der Waals surface area contributed by atoms with Crippen LogP contribution in [-0.2, 0) is 19.1 Å². The Hall–Kier alpha value is -2.79. The number of hydrogen-bond donors (Lipinski definition) is 0. The van der Waals surface area contributed by atoms with E-state index in [1.54, 1.807) is 13.8 Å². The fraction of sp³-hybridized carbons (Fsp3) is 0.143. The standard InChI is InChI=1S/C21H16O4S/c1-21(2)24-19(22)17(20(23)25-21)18-15-11-7-6-10-14(15)12-16(26-18)13-8-4-3-5-9-13/h3-12H,1-2H3. The molecule has 0 aliphatic carbocycles. The average molecular weight is 364 g/mol. The van der Waals surface area contributed by atoms with E-state index in [1.807, 2.05) is 54.6 Å². The summed E-state index contributed by atoms with van der Waals surface area (Å²) >= 11 is 1.38. The highest BCUT2D eigenvalue weighted by Crippen LogP contribution is 2.48. The summed E-state index contributed by atoms with van der Waals surface area (Å²) in [6.45, 7) is 3.09. The summed E-state index contributed by atoms with van der Waals surface area (Å²) < 4.78 is 10.6. The van der Waals surface area contributed by atoms with Gasteiger partial charge in [-0.05, 0) is 22.8 Å². The van der Waals surface area contributed by atoms with Crippen molar-refractivity contribution in [3.05, 3.63) is 76.9 Å². The molecular weight excluding hydrogens is 348 g/mol. The first-order valence-electron chi connectivity index (χ1n) is 8.20. The van der Waals surface area contributed by atoms with Crippen LogP contribution >= 0.6 is 11.8 Å². The van der Waals surface area contributed by atoms with Crippen LogP contribution in [0, 0.1) is 0 Å². The minimum absolute atomic E-state index is 0.0525. The monoisotopic (exact) mass is 364 g/mol. The van der Waals surface area contributed by atoms with Crippen molar-refractivity contribution in [1.82, 2.24) is 0 Å². The van der Waals surface area contributed by atoms with E-state index >= 15 is 0 Å². The first-order chi connectivity index (χ1) is 12.4. The van der Waals surface area contributed by atoms with Gasteiger partial charge in [0.15, 0.2) is 5.57 Å². The number of esters is 2. The largest absolute Gasteiger partial charge is 0.419 e. The SMILES string of the molecule is CC1(C)OC(=O)C(=C2SC(c3ccccc3)=Cc3ccccc32)C(=O)O1. The van der Waals surface area contributed by atoms with Crippen molar-refractivity contribution in [2.75, 3.05) is 0 Å². The topological polar surface area (TPSA) is 52.6 Å². The second-order valence-electron chi connectivity index (χ2n) is 6.45. The lowest BCUT2D eigenvalue weighted by Crippen LogP contribution is -2.42. The van der Waals surface area contributed by atoms with Crippen LogP contribution in [0.25, 0.3) is 15.9 Å². The van der Waals surface area contributed by atoms with Crippen LogP contribution in [0.4, 0.5) is 0 Å². The Labute approximate surface area is 155 Å². The van der Waals surface area contributed by atoms with Crippen molar-refractivity contribution in [2.45, 2.75) is 19.6 Å². The Morgan fingerprint density at radius 3 is 2.15 bits per heavy atom. The molecule has 2 aliphatic rings. The molecule has 0 amide bonds. The first kappa shape index (κ1) is 16.7. The summed E-state index contributed by atoms with van der Waals surface area (Å²) in [4.78, 5) is 26.6. The number of fused-ring (bicyclic) bond motifs is 1. The molecule has 2 aromatic rings. The maximum absolute atomic E-state index is 12.6. The summed E-state index contributed by atoms with van der Waals surface area (Å²) in [5.41, 5.74) is 2.73. The van der Waals surface area contributed by atoms with Crippen molar-refractivity contribution >= 4 is 39.6 Å². The highest BCUT2D eigenvalue weighted by atomic mass is 32.2. The predicted octanol–water partition coefficient (Wildman–Crippen LogP) is 4.48. The van der Waals surface area contributed by atoms with Crippen LogP contribution in [0.3, 0.4) is 0 Å². The van der Waals surface area contributed by atoms with Crippen LogP contribution in [0.15, 0.2) is 60.2 Å². The van der Waals surface area contributed by atoms with Gasteiger partial charge in [0, 0.05) is 23.7 Å². The van der Waals surface area contributed by atoms with Crippen molar-refractivity contribution in [3.8, 4) is 0 Å². The van der Waals surface area contributed by atoms with E-state index in [0.29, 0.717) is 4.91 Å². The number of ether oxygens (including phenoxy) is 2. The first-order valence-corrected chi connectivity index (χ1v) is 9.01. The number of hydrogen-bond acceptors (Lipinski definition) is 5. The maximum atomic E-state index is 12.6. The number of carbonyl (C=O) groups is 2. The van der Waals surface area contributed by atoms with Gasteiger partial charge in [-0.25, -0.2) is 9.59 Å². The molecule has 0 aromatic heterocycles. The van der Waals surface area contributed by atoms with Gasteiger partial charge in [0.25, 0.3) is 5.79 Å². The van der Waals surface area contributed by atoms with E-state index in [2.05, 4.69) is 6.08 Å². The highest BCUT2D eigenvalue weighted by Gasteiger charge is 2.42. The third-order valence-electron chi connectivity index (χ3n) is 4.07. The van der Waals surface area contributed by atoms with Crippen LogP contribution in [0.1, 0.15) is 30.5 Å². The Balaban J connectivity index is 1.88.